The molecule has 3 nitrogen and oxygen atoms in total. The van der Waals surface area contributed by atoms with Crippen LogP contribution in [0, 0.1) is 6.92 Å². The molecule has 0 fully saturated rings. The van der Waals surface area contributed by atoms with Crippen LogP contribution < -0.4 is 5.73 Å². The molecule has 2 N–H and O–H groups in total. The molecular weight excluding hydrogens is 286 g/mol. The van der Waals surface area contributed by atoms with E-state index in [1.54, 1.807) is 17.5 Å². The van der Waals surface area contributed by atoms with Gasteiger partial charge in [0.25, 0.3) is 0 Å². The SMILES string of the molecule is Cc1nc(-c2ccc(Br)cn2)sc1C(C)N. The zero-order valence-electron chi connectivity index (χ0n) is 9.07. The van der Waals surface area contributed by atoms with Gasteiger partial charge in [-0.2, -0.15) is 0 Å². The first-order valence-electron chi connectivity index (χ1n) is 4.92. The van der Waals surface area contributed by atoms with Gasteiger partial charge < -0.3 is 5.73 Å². The summed E-state index contributed by atoms with van der Waals surface area (Å²) in [5.74, 6) is 0. The van der Waals surface area contributed by atoms with Gasteiger partial charge in [0.05, 0.1) is 11.4 Å². The Morgan fingerprint density at radius 1 is 1.44 bits per heavy atom. The number of hydrogen-bond acceptors (Lipinski definition) is 4. The Morgan fingerprint density at radius 3 is 2.69 bits per heavy atom. The van der Waals surface area contributed by atoms with Crippen LogP contribution in [0.25, 0.3) is 10.7 Å². The van der Waals surface area contributed by atoms with Gasteiger partial charge in [-0.1, -0.05) is 0 Å². The number of hydrogen-bond donors (Lipinski definition) is 1. The van der Waals surface area contributed by atoms with Crippen molar-refractivity contribution in [2.75, 3.05) is 0 Å². The van der Waals surface area contributed by atoms with E-state index >= 15 is 0 Å². The highest BCUT2D eigenvalue weighted by Crippen LogP contribution is 2.30. The lowest BCUT2D eigenvalue weighted by atomic mass is 10.2. The molecule has 0 aliphatic heterocycles. The molecule has 0 aliphatic rings. The standard InChI is InChI=1S/C11H12BrN3S/c1-6(13)10-7(2)15-11(16-10)9-4-3-8(12)5-14-9/h3-6H,13H2,1-2H3. The molecule has 2 heterocycles. The predicted molar refractivity (Wildman–Crippen MR) is 70.4 cm³/mol. The first-order chi connectivity index (χ1) is 7.58. The number of nitrogens with zero attached hydrogens (tertiary/aromatic N) is 2. The van der Waals surface area contributed by atoms with E-state index in [0.29, 0.717) is 0 Å². The Balaban J connectivity index is 2.41. The second kappa shape index (κ2) is 4.61. The normalized spacial score (nSPS) is 12.8. The van der Waals surface area contributed by atoms with E-state index in [1.165, 1.54) is 0 Å². The second-order valence-corrected chi connectivity index (χ2v) is 5.57. The fourth-order valence-corrected chi connectivity index (χ4v) is 2.67. The lowest BCUT2D eigenvalue weighted by Gasteiger charge is -1.99. The van der Waals surface area contributed by atoms with Crippen molar-refractivity contribution in [3.8, 4) is 10.7 Å². The van der Waals surface area contributed by atoms with Crippen LogP contribution in [0.5, 0.6) is 0 Å². The van der Waals surface area contributed by atoms with E-state index in [-0.39, 0.29) is 6.04 Å². The number of thiazole rings is 1. The minimum Gasteiger partial charge on any atom is -0.323 e. The third kappa shape index (κ3) is 2.31. The molecule has 0 saturated carbocycles. The van der Waals surface area contributed by atoms with Gasteiger partial charge in [-0.05, 0) is 41.9 Å². The van der Waals surface area contributed by atoms with Crippen molar-refractivity contribution in [3.63, 3.8) is 0 Å². The quantitative estimate of drug-likeness (QED) is 0.925. The van der Waals surface area contributed by atoms with Gasteiger partial charge in [0.15, 0.2) is 0 Å². The topological polar surface area (TPSA) is 51.8 Å². The Bertz CT molecular complexity index is 490. The molecule has 16 heavy (non-hydrogen) atoms. The van der Waals surface area contributed by atoms with Crippen molar-refractivity contribution in [3.05, 3.63) is 33.4 Å². The second-order valence-electron chi connectivity index (χ2n) is 3.62. The fourth-order valence-electron chi connectivity index (χ4n) is 1.44. The molecule has 0 bridgehead atoms. The summed E-state index contributed by atoms with van der Waals surface area (Å²) >= 11 is 4.97. The number of nitrogens with two attached hydrogens (primary N) is 1. The molecule has 5 heteroatoms. The first-order valence-corrected chi connectivity index (χ1v) is 6.53. The molecule has 0 aliphatic carbocycles. The van der Waals surface area contributed by atoms with Crippen LogP contribution >= 0.6 is 27.3 Å². The predicted octanol–water partition coefficient (Wildman–Crippen LogP) is 3.30. The first kappa shape index (κ1) is 11.7. The molecule has 0 aromatic carbocycles. The molecule has 0 radical (unpaired) electrons. The van der Waals surface area contributed by atoms with Gasteiger partial charge in [-0.15, -0.1) is 11.3 Å². The molecule has 2 aromatic rings. The largest absolute Gasteiger partial charge is 0.323 e. The molecular formula is C11H12BrN3S. The van der Waals surface area contributed by atoms with Gasteiger partial charge >= 0.3 is 0 Å². The summed E-state index contributed by atoms with van der Waals surface area (Å²) in [4.78, 5) is 9.94. The van der Waals surface area contributed by atoms with Gasteiger partial charge in [-0.3, -0.25) is 4.98 Å². The maximum absolute atomic E-state index is 5.87. The number of aromatic nitrogens is 2. The number of rotatable bonds is 2. The van der Waals surface area contributed by atoms with Crippen LogP contribution in [0.1, 0.15) is 23.5 Å². The van der Waals surface area contributed by atoms with E-state index in [1.807, 2.05) is 26.0 Å². The third-order valence-electron chi connectivity index (χ3n) is 2.19. The van der Waals surface area contributed by atoms with Crippen molar-refractivity contribution in [2.24, 2.45) is 5.73 Å². The highest BCUT2D eigenvalue weighted by molar-refractivity contribution is 9.10. The molecule has 2 rings (SSSR count). The van der Waals surface area contributed by atoms with Crippen LogP contribution in [0.2, 0.25) is 0 Å². The average Bonchev–Trinajstić information content (AvgIpc) is 2.61. The molecule has 1 unspecified atom stereocenters. The molecule has 1 atom stereocenters. The maximum Gasteiger partial charge on any atom is 0.142 e. The minimum atomic E-state index is 0.0294. The van der Waals surface area contributed by atoms with E-state index < -0.39 is 0 Å². The highest BCUT2D eigenvalue weighted by Gasteiger charge is 2.12. The van der Waals surface area contributed by atoms with Crippen LogP contribution in [0.3, 0.4) is 0 Å². The summed E-state index contributed by atoms with van der Waals surface area (Å²) in [6.07, 6.45) is 1.78. The van der Waals surface area contributed by atoms with E-state index in [0.717, 1.165) is 25.7 Å². The summed E-state index contributed by atoms with van der Waals surface area (Å²) < 4.78 is 0.969. The maximum atomic E-state index is 5.87. The summed E-state index contributed by atoms with van der Waals surface area (Å²) in [5.41, 5.74) is 7.76. The molecule has 0 saturated heterocycles. The minimum absolute atomic E-state index is 0.0294. The molecule has 84 valence electrons. The Labute approximate surface area is 107 Å². The molecule has 0 spiro atoms. The van der Waals surface area contributed by atoms with Crippen LogP contribution in [-0.4, -0.2) is 9.97 Å². The van der Waals surface area contributed by atoms with Crippen molar-refractivity contribution in [2.45, 2.75) is 19.9 Å². The van der Waals surface area contributed by atoms with Crippen LogP contribution in [-0.2, 0) is 0 Å². The summed E-state index contributed by atoms with van der Waals surface area (Å²) in [5, 5.41) is 0.928. The summed E-state index contributed by atoms with van der Waals surface area (Å²) in [6, 6.07) is 3.94. The van der Waals surface area contributed by atoms with Gasteiger partial charge in [-0.25, -0.2) is 4.98 Å². The number of pyridine rings is 1. The van der Waals surface area contributed by atoms with Gasteiger partial charge in [0.2, 0.25) is 0 Å². The molecule has 0 amide bonds. The zero-order valence-corrected chi connectivity index (χ0v) is 11.5. The summed E-state index contributed by atoms with van der Waals surface area (Å²) in [7, 11) is 0. The van der Waals surface area contributed by atoms with Gasteiger partial charge in [0, 0.05) is 21.6 Å². The van der Waals surface area contributed by atoms with Gasteiger partial charge in [0.1, 0.15) is 5.01 Å². The fraction of sp³-hybridized carbons (Fsp3) is 0.273. The Hall–Kier alpha value is -0.780. The van der Waals surface area contributed by atoms with Crippen molar-refractivity contribution >= 4 is 27.3 Å². The lowest BCUT2D eigenvalue weighted by Crippen LogP contribution is -2.03. The lowest BCUT2D eigenvalue weighted by molar-refractivity contribution is 0.825. The van der Waals surface area contributed by atoms with Crippen LogP contribution in [0.15, 0.2) is 22.8 Å². The van der Waals surface area contributed by atoms with E-state index in [9.17, 15) is 0 Å². The third-order valence-corrected chi connectivity index (χ3v) is 4.04. The van der Waals surface area contributed by atoms with Crippen molar-refractivity contribution in [1.82, 2.24) is 9.97 Å². The van der Waals surface area contributed by atoms with Crippen molar-refractivity contribution in [1.29, 1.82) is 0 Å². The molecule has 2 aromatic heterocycles. The zero-order chi connectivity index (χ0) is 11.7. The van der Waals surface area contributed by atoms with E-state index in [2.05, 4.69) is 25.9 Å². The van der Waals surface area contributed by atoms with Crippen molar-refractivity contribution < 1.29 is 0 Å². The number of halogens is 1. The monoisotopic (exact) mass is 297 g/mol. The Morgan fingerprint density at radius 2 is 2.19 bits per heavy atom. The van der Waals surface area contributed by atoms with E-state index in [4.69, 9.17) is 5.73 Å². The number of aryl methyl sites for hydroxylation is 1. The van der Waals surface area contributed by atoms with Crippen LogP contribution in [0.4, 0.5) is 0 Å². The smallest absolute Gasteiger partial charge is 0.142 e. The highest BCUT2D eigenvalue weighted by atomic mass is 79.9. The summed E-state index contributed by atoms with van der Waals surface area (Å²) in [6.45, 7) is 3.96. The Kier molecular flexibility index (Phi) is 3.37. The average molecular weight is 298 g/mol.